The van der Waals surface area contributed by atoms with Gasteiger partial charge in [0, 0.05) is 39.3 Å². The van der Waals surface area contributed by atoms with Crippen LogP contribution in [0.4, 0.5) is 0 Å². The van der Waals surface area contributed by atoms with Crippen molar-refractivity contribution in [1.29, 1.82) is 0 Å². The summed E-state index contributed by atoms with van der Waals surface area (Å²) in [5, 5.41) is 7.24. The molecule has 2 atom stereocenters. The van der Waals surface area contributed by atoms with Crippen LogP contribution in [-0.2, 0) is 16.1 Å². The van der Waals surface area contributed by atoms with E-state index in [1.165, 1.54) is 0 Å². The molecule has 0 saturated carbocycles. The Kier molecular flexibility index (Phi) is 9.81. The third-order valence-electron chi connectivity index (χ3n) is 4.72. The van der Waals surface area contributed by atoms with Crippen LogP contribution in [0.5, 0.6) is 0 Å². The average molecular weight is 410 g/mol. The van der Waals surface area contributed by atoms with Crippen molar-refractivity contribution in [3.8, 4) is 0 Å². The zero-order chi connectivity index (χ0) is 16.9. The zero-order valence-electron chi connectivity index (χ0n) is 15.3. The minimum Gasteiger partial charge on any atom is -0.371 e. The first-order valence-electron chi connectivity index (χ1n) is 8.83. The molecule has 0 spiro atoms. The molecule has 1 N–H and O–H groups in total. The summed E-state index contributed by atoms with van der Waals surface area (Å²) in [4.78, 5) is 21.1. The highest BCUT2D eigenvalue weighted by molar-refractivity contribution is 5.85. The van der Waals surface area contributed by atoms with Crippen molar-refractivity contribution >= 4 is 30.7 Å². The largest absolute Gasteiger partial charge is 0.371 e. The van der Waals surface area contributed by atoms with Crippen molar-refractivity contribution < 1.29 is 14.1 Å². The number of hydrogen-bond acceptors (Lipinski definition) is 7. The maximum Gasteiger partial charge on any atom is 0.240 e. The number of nitrogens with zero attached hydrogens (tertiary/aromatic N) is 4. The number of rotatable bonds is 6. The van der Waals surface area contributed by atoms with Crippen LogP contribution in [-0.4, -0.2) is 71.7 Å². The van der Waals surface area contributed by atoms with Crippen molar-refractivity contribution in [3.05, 3.63) is 11.7 Å². The van der Waals surface area contributed by atoms with Gasteiger partial charge < -0.3 is 19.5 Å². The Labute approximate surface area is 166 Å². The number of amides is 1. The number of carbonyl (C=O) groups is 1. The summed E-state index contributed by atoms with van der Waals surface area (Å²) in [6.45, 7) is 10.1. The Morgan fingerprint density at radius 2 is 2.08 bits per heavy atom. The molecule has 1 amide bonds. The van der Waals surface area contributed by atoms with Crippen LogP contribution >= 0.6 is 24.8 Å². The fourth-order valence-corrected chi connectivity index (χ4v) is 3.26. The van der Waals surface area contributed by atoms with E-state index in [4.69, 9.17) is 9.26 Å². The predicted molar refractivity (Wildman–Crippen MR) is 102 cm³/mol. The SMILES string of the molecule is CCOC(C)c1noc(CN2CCN(C(=O)C3CCNC3)CC2)n1.Cl.Cl. The zero-order valence-corrected chi connectivity index (χ0v) is 17.0. The summed E-state index contributed by atoms with van der Waals surface area (Å²) < 4.78 is 10.8. The first kappa shape index (κ1) is 23.1. The number of piperazine rings is 1. The molecule has 2 fully saturated rings. The highest BCUT2D eigenvalue weighted by Crippen LogP contribution is 2.16. The van der Waals surface area contributed by atoms with Crippen LogP contribution in [0.1, 0.15) is 38.1 Å². The molecule has 10 heteroatoms. The average Bonchev–Trinajstić information content (AvgIpc) is 3.27. The monoisotopic (exact) mass is 409 g/mol. The molecular formula is C16H29Cl2N5O3. The van der Waals surface area contributed by atoms with E-state index in [9.17, 15) is 4.79 Å². The Morgan fingerprint density at radius 1 is 1.35 bits per heavy atom. The lowest BCUT2D eigenvalue weighted by Crippen LogP contribution is -2.50. The van der Waals surface area contributed by atoms with E-state index in [1.54, 1.807) is 0 Å². The Balaban J connectivity index is 0.00000169. The Bertz CT molecular complexity index is 546. The molecule has 1 aromatic rings. The van der Waals surface area contributed by atoms with Crippen molar-refractivity contribution in [3.63, 3.8) is 0 Å². The van der Waals surface area contributed by atoms with Crippen LogP contribution in [0.15, 0.2) is 4.52 Å². The van der Waals surface area contributed by atoms with Crippen LogP contribution in [0.25, 0.3) is 0 Å². The van der Waals surface area contributed by atoms with E-state index in [0.717, 1.165) is 45.7 Å². The van der Waals surface area contributed by atoms with E-state index in [2.05, 4.69) is 20.4 Å². The third-order valence-corrected chi connectivity index (χ3v) is 4.72. The topological polar surface area (TPSA) is 83.7 Å². The molecule has 0 bridgehead atoms. The first-order valence-corrected chi connectivity index (χ1v) is 8.83. The number of carbonyl (C=O) groups excluding carboxylic acids is 1. The van der Waals surface area contributed by atoms with Gasteiger partial charge in [-0.1, -0.05) is 5.16 Å². The molecule has 26 heavy (non-hydrogen) atoms. The van der Waals surface area contributed by atoms with Crippen molar-refractivity contribution in [2.24, 2.45) is 5.92 Å². The molecule has 150 valence electrons. The highest BCUT2D eigenvalue weighted by atomic mass is 35.5. The molecule has 3 heterocycles. The summed E-state index contributed by atoms with van der Waals surface area (Å²) in [7, 11) is 0. The van der Waals surface area contributed by atoms with Gasteiger partial charge in [-0.25, -0.2) is 0 Å². The quantitative estimate of drug-likeness (QED) is 0.756. The van der Waals surface area contributed by atoms with Gasteiger partial charge in [0.2, 0.25) is 11.8 Å². The minimum atomic E-state index is -0.151. The fourth-order valence-electron chi connectivity index (χ4n) is 3.26. The first-order chi connectivity index (χ1) is 11.7. The van der Waals surface area contributed by atoms with Gasteiger partial charge in [0.15, 0.2) is 5.82 Å². The fraction of sp³-hybridized carbons (Fsp3) is 0.812. The second-order valence-electron chi connectivity index (χ2n) is 6.44. The molecule has 0 aliphatic carbocycles. The van der Waals surface area contributed by atoms with Gasteiger partial charge in [0.25, 0.3) is 0 Å². The lowest BCUT2D eigenvalue weighted by molar-refractivity contribution is -0.136. The van der Waals surface area contributed by atoms with Crippen LogP contribution in [0, 0.1) is 5.92 Å². The minimum absolute atomic E-state index is 0. The van der Waals surface area contributed by atoms with Gasteiger partial charge in [-0.3, -0.25) is 9.69 Å². The molecule has 2 saturated heterocycles. The van der Waals surface area contributed by atoms with Crippen LogP contribution in [0.3, 0.4) is 0 Å². The van der Waals surface area contributed by atoms with Crippen molar-refractivity contribution in [2.45, 2.75) is 32.9 Å². The van der Waals surface area contributed by atoms with Gasteiger partial charge in [0.1, 0.15) is 6.10 Å². The maximum atomic E-state index is 12.4. The maximum absolute atomic E-state index is 12.4. The predicted octanol–water partition coefficient (Wildman–Crippen LogP) is 1.26. The Hall–Kier alpha value is -0.930. The summed E-state index contributed by atoms with van der Waals surface area (Å²) in [5.41, 5.74) is 0. The molecule has 2 unspecified atom stereocenters. The summed E-state index contributed by atoms with van der Waals surface area (Å²) in [6.07, 6.45) is 0.809. The van der Waals surface area contributed by atoms with E-state index in [-0.39, 0.29) is 36.8 Å². The molecule has 2 aliphatic heterocycles. The number of nitrogens with one attached hydrogen (secondary N) is 1. The van der Waals surface area contributed by atoms with E-state index >= 15 is 0 Å². The lowest BCUT2D eigenvalue weighted by Gasteiger charge is -2.35. The van der Waals surface area contributed by atoms with E-state index in [0.29, 0.717) is 30.8 Å². The van der Waals surface area contributed by atoms with Gasteiger partial charge in [0.05, 0.1) is 12.5 Å². The lowest BCUT2D eigenvalue weighted by atomic mass is 10.1. The van der Waals surface area contributed by atoms with Crippen molar-refractivity contribution in [2.75, 3.05) is 45.9 Å². The van der Waals surface area contributed by atoms with Crippen LogP contribution in [0.2, 0.25) is 0 Å². The van der Waals surface area contributed by atoms with Crippen LogP contribution < -0.4 is 5.32 Å². The molecule has 3 rings (SSSR count). The number of hydrogen-bond donors (Lipinski definition) is 1. The Morgan fingerprint density at radius 3 is 2.69 bits per heavy atom. The normalized spacial score (nSPS) is 21.8. The molecule has 8 nitrogen and oxygen atoms in total. The van der Waals surface area contributed by atoms with Crippen molar-refractivity contribution in [1.82, 2.24) is 25.3 Å². The second-order valence-corrected chi connectivity index (χ2v) is 6.44. The van der Waals surface area contributed by atoms with Gasteiger partial charge in [-0.05, 0) is 26.8 Å². The van der Waals surface area contributed by atoms with Gasteiger partial charge in [-0.15, -0.1) is 24.8 Å². The van der Waals surface area contributed by atoms with Gasteiger partial charge in [-0.2, -0.15) is 4.98 Å². The molecular weight excluding hydrogens is 381 g/mol. The number of aromatic nitrogens is 2. The summed E-state index contributed by atoms with van der Waals surface area (Å²) in [5.74, 6) is 1.66. The second kappa shape index (κ2) is 11.0. The molecule has 2 aliphatic rings. The van der Waals surface area contributed by atoms with Gasteiger partial charge >= 0.3 is 0 Å². The number of ether oxygens (including phenoxy) is 1. The third kappa shape index (κ3) is 5.79. The summed E-state index contributed by atoms with van der Waals surface area (Å²) >= 11 is 0. The molecule has 0 aromatic carbocycles. The molecule has 1 aromatic heterocycles. The standard InChI is InChI=1S/C16H27N5O3.2ClH/c1-3-23-12(2)15-18-14(24-19-15)11-20-6-8-21(9-7-20)16(22)13-4-5-17-10-13;;/h12-13,17H,3-11H2,1-2H3;2*1H. The summed E-state index contributed by atoms with van der Waals surface area (Å²) in [6, 6.07) is 0. The van der Waals surface area contributed by atoms with E-state index < -0.39 is 0 Å². The molecule has 0 radical (unpaired) electrons. The smallest absolute Gasteiger partial charge is 0.240 e. The highest BCUT2D eigenvalue weighted by Gasteiger charge is 2.29. The van der Waals surface area contributed by atoms with E-state index in [1.807, 2.05) is 18.7 Å². The number of halogens is 2.